The minimum atomic E-state index is 0.00408. The predicted octanol–water partition coefficient (Wildman–Crippen LogP) is 2.46. The summed E-state index contributed by atoms with van der Waals surface area (Å²) < 4.78 is 0. The molecule has 0 unspecified atom stereocenters. The van der Waals surface area contributed by atoms with E-state index in [1.807, 2.05) is 18.2 Å². The van der Waals surface area contributed by atoms with Crippen molar-refractivity contribution in [3.05, 3.63) is 30.1 Å². The first kappa shape index (κ1) is 12.1. The fourth-order valence-electron chi connectivity index (χ4n) is 2.51. The summed E-state index contributed by atoms with van der Waals surface area (Å²) >= 11 is 0. The van der Waals surface area contributed by atoms with Crippen LogP contribution in [0.1, 0.15) is 44.7 Å². The highest BCUT2D eigenvalue weighted by Gasteiger charge is 2.28. The maximum absolute atomic E-state index is 11.9. The number of amides is 1. The zero-order valence-electron chi connectivity index (χ0n) is 10.4. The van der Waals surface area contributed by atoms with Crippen LogP contribution >= 0.6 is 0 Å². The molecule has 0 bridgehead atoms. The second kappa shape index (κ2) is 5.30. The molecule has 0 atom stereocenters. The van der Waals surface area contributed by atoms with Gasteiger partial charge in [0.15, 0.2) is 0 Å². The molecular formula is C14H20N2O. The molecule has 0 spiro atoms. The Morgan fingerprint density at radius 1 is 1.35 bits per heavy atom. The zero-order valence-corrected chi connectivity index (χ0v) is 10.4. The predicted molar refractivity (Wildman–Crippen MR) is 67.6 cm³/mol. The van der Waals surface area contributed by atoms with Crippen molar-refractivity contribution in [2.45, 2.75) is 51.0 Å². The molecule has 1 N–H and O–H groups in total. The topological polar surface area (TPSA) is 42.0 Å². The van der Waals surface area contributed by atoms with Crippen molar-refractivity contribution in [3.8, 4) is 0 Å². The van der Waals surface area contributed by atoms with Gasteiger partial charge in [-0.2, -0.15) is 0 Å². The van der Waals surface area contributed by atoms with Gasteiger partial charge in [0.2, 0.25) is 5.91 Å². The second-order valence-corrected chi connectivity index (χ2v) is 5.17. The second-order valence-electron chi connectivity index (χ2n) is 5.17. The Labute approximate surface area is 103 Å². The Kier molecular flexibility index (Phi) is 3.77. The third-order valence-corrected chi connectivity index (χ3v) is 3.47. The lowest BCUT2D eigenvalue weighted by molar-refractivity contribution is -0.122. The summed E-state index contributed by atoms with van der Waals surface area (Å²) in [6.45, 7) is 2.16. The molecule has 1 aliphatic rings. The zero-order chi connectivity index (χ0) is 12.1. The largest absolute Gasteiger partial charge is 0.351 e. The van der Waals surface area contributed by atoms with Gasteiger partial charge >= 0.3 is 0 Å². The van der Waals surface area contributed by atoms with Crippen molar-refractivity contribution in [2.75, 3.05) is 0 Å². The van der Waals surface area contributed by atoms with E-state index in [1.54, 1.807) is 6.20 Å². The maximum atomic E-state index is 11.9. The number of hydrogen-bond donors (Lipinski definition) is 1. The molecule has 1 fully saturated rings. The lowest BCUT2D eigenvalue weighted by atomic mass is 9.83. The van der Waals surface area contributed by atoms with E-state index in [-0.39, 0.29) is 11.4 Å². The van der Waals surface area contributed by atoms with Gasteiger partial charge in [-0.1, -0.05) is 25.3 Å². The molecule has 1 amide bonds. The highest BCUT2D eigenvalue weighted by molar-refractivity contribution is 5.78. The summed E-state index contributed by atoms with van der Waals surface area (Å²) in [7, 11) is 0. The highest BCUT2D eigenvalue weighted by Crippen LogP contribution is 2.27. The Morgan fingerprint density at radius 2 is 2.12 bits per heavy atom. The molecule has 1 saturated carbocycles. The summed E-state index contributed by atoms with van der Waals surface area (Å²) in [5.74, 6) is 0.0908. The average Bonchev–Trinajstić information content (AvgIpc) is 2.30. The lowest BCUT2D eigenvalue weighted by Gasteiger charge is -2.34. The summed E-state index contributed by atoms with van der Waals surface area (Å²) in [5.41, 5.74) is 0.841. The van der Waals surface area contributed by atoms with Crippen LogP contribution < -0.4 is 5.32 Å². The van der Waals surface area contributed by atoms with Crippen LogP contribution in [0.3, 0.4) is 0 Å². The van der Waals surface area contributed by atoms with Gasteiger partial charge in [-0.05, 0) is 31.9 Å². The molecule has 1 aromatic rings. The van der Waals surface area contributed by atoms with Gasteiger partial charge in [-0.15, -0.1) is 0 Å². The molecule has 0 aromatic carbocycles. The summed E-state index contributed by atoms with van der Waals surface area (Å²) in [6.07, 6.45) is 8.05. The van der Waals surface area contributed by atoms with Crippen molar-refractivity contribution in [3.63, 3.8) is 0 Å². The third-order valence-electron chi connectivity index (χ3n) is 3.47. The van der Waals surface area contributed by atoms with E-state index in [2.05, 4.69) is 17.2 Å². The fraction of sp³-hybridized carbons (Fsp3) is 0.571. The third kappa shape index (κ3) is 3.55. The van der Waals surface area contributed by atoms with Gasteiger partial charge in [0.25, 0.3) is 0 Å². The van der Waals surface area contributed by atoms with Crippen LogP contribution in [0, 0.1) is 0 Å². The average molecular weight is 232 g/mol. The van der Waals surface area contributed by atoms with Crippen molar-refractivity contribution < 1.29 is 4.79 Å². The van der Waals surface area contributed by atoms with Gasteiger partial charge in [0.05, 0.1) is 6.42 Å². The van der Waals surface area contributed by atoms with Crippen molar-refractivity contribution in [1.29, 1.82) is 0 Å². The van der Waals surface area contributed by atoms with Crippen LogP contribution in [0.4, 0.5) is 0 Å². The van der Waals surface area contributed by atoms with E-state index in [9.17, 15) is 4.79 Å². The van der Waals surface area contributed by atoms with Crippen LogP contribution in [0.2, 0.25) is 0 Å². The molecular weight excluding hydrogens is 212 g/mol. The Morgan fingerprint density at radius 3 is 2.76 bits per heavy atom. The van der Waals surface area contributed by atoms with Crippen LogP contribution in [0.15, 0.2) is 24.4 Å². The number of carbonyl (C=O) groups excluding carboxylic acids is 1. The molecule has 1 heterocycles. The van der Waals surface area contributed by atoms with Crippen molar-refractivity contribution in [1.82, 2.24) is 10.3 Å². The first-order valence-electron chi connectivity index (χ1n) is 6.39. The molecule has 2 rings (SSSR count). The first-order valence-corrected chi connectivity index (χ1v) is 6.39. The lowest BCUT2D eigenvalue weighted by Crippen LogP contribution is -2.47. The van der Waals surface area contributed by atoms with E-state index in [1.165, 1.54) is 19.3 Å². The molecule has 1 aliphatic carbocycles. The number of rotatable bonds is 3. The van der Waals surface area contributed by atoms with Gasteiger partial charge in [0, 0.05) is 17.4 Å². The molecule has 0 aliphatic heterocycles. The maximum Gasteiger partial charge on any atom is 0.226 e. The van der Waals surface area contributed by atoms with Crippen LogP contribution in [-0.2, 0) is 11.2 Å². The normalized spacial score (nSPS) is 18.6. The van der Waals surface area contributed by atoms with Gasteiger partial charge < -0.3 is 5.32 Å². The summed E-state index contributed by atoms with van der Waals surface area (Å²) in [5, 5.41) is 3.16. The first-order chi connectivity index (χ1) is 8.18. The number of nitrogens with zero attached hydrogens (tertiary/aromatic N) is 1. The number of nitrogens with one attached hydrogen (secondary N) is 1. The fourth-order valence-corrected chi connectivity index (χ4v) is 2.51. The van der Waals surface area contributed by atoms with Crippen molar-refractivity contribution >= 4 is 5.91 Å². The Hall–Kier alpha value is -1.38. The molecule has 0 radical (unpaired) electrons. The minimum absolute atomic E-state index is 0.00408. The molecule has 3 heteroatoms. The highest BCUT2D eigenvalue weighted by atomic mass is 16.1. The van der Waals surface area contributed by atoms with Gasteiger partial charge in [-0.25, -0.2) is 0 Å². The van der Waals surface area contributed by atoms with Gasteiger partial charge in [0.1, 0.15) is 0 Å². The number of hydrogen-bond acceptors (Lipinski definition) is 2. The van der Waals surface area contributed by atoms with Crippen LogP contribution in [0.25, 0.3) is 0 Å². The molecule has 17 heavy (non-hydrogen) atoms. The smallest absolute Gasteiger partial charge is 0.226 e. The quantitative estimate of drug-likeness (QED) is 0.869. The summed E-state index contributed by atoms with van der Waals surface area (Å²) in [4.78, 5) is 16.1. The number of carbonyl (C=O) groups is 1. The van der Waals surface area contributed by atoms with Crippen molar-refractivity contribution in [2.24, 2.45) is 0 Å². The molecule has 0 saturated heterocycles. The van der Waals surface area contributed by atoms with E-state index in [0.717, 1.165) is 18.5 Å². The molecule has 92 valence electrons. The number of aromatic nitrogens is 1. The minimum Gasteiger partial charge on any atom is -0.351 e. The Bertz CT molecular complexity index is 369. The van der Waals surface area contributed by atoms with E-state index in [4.69, 9.17) is 0 Å². The van der Waals surface area contributed by atoms with Crippen LogP contribution in [-0.4, -0.2) is 16.4 Å². The standard InChI is InChI=1S/C14H20N2O/c1-14(8-4-2-5-9-14)16-13(17)11-12-7-3-6-10-15-12/h3,6-7,10H,2,4-5,8-9,11H2,1H3,(H,16,17). The van der Waals surface area contributed by atoms with E-state index >= 15 is 0 Å². The van der Waals surface area contributed by atoms with Gasteiger partial charge in [-0.3, -0.25) is 9.78 Å². The SMILES string of the molecule is CC1(NC(=O)Cc2ccccn2)CCCCC1. The van der Waals surface area contributed by atoms with E-state index < -0.39 is 0 Å². The molecule has 1 aromatic heterocycles. The van der Waals surface area contributed by atoms with Crippen LogP contribution in [0.5, 0.6) is 0 Å². The number of pyridine rings is 1. The van der Waals surface area contributed by atoms with E-state index in [0.29, 0.717) is 6.42 Å². The Balaban J connectivity index is 1.88. The summed E-state index contributed by atoms with van der Waals surface area (Å²) in [6, 6.07) is 5.67. The monoisotopic (exact) mass is 232 g/mol. The molecule has 3 nitrogen and oxygen atoms in total.